The highest BCUT2D eigenvalue weighted by molar-refractivity contribution is 5.96. The minimum atomic E-state index is -0.427. The van der Waals surface area contributed by atoms with Gasteiger partial charge < -0.3 is 9.47 Å². The molecule has 3 nitrogen and oxygen atoms in total. The van der Waals surface area contributed by atoms with E-state index in [0.717, 1.165) is 0 Å². The first-order chi connectivity index (χ1) is 9.56. The van der Waals surface area contributed by atoms with Crippen LogP contribution in [0.5, 0.6) is 11.5 Å². The number of hydrogen-bond donors (Lipinski definition) is 0. The molecule has 2 aromatic rings. The zero-order valence-electron chi connectivity index (χ0n) is 11.6. The lowest BCUT2D eigenvalue weighted by molar-refractivity contribution is 0.101. The summed E-state index contributed by atoms with van der Waals surface area (Å²) in [7, 11) is 2.99. The van der Waals surface area contributed by atoms with E-state index in [9.17, 15) is 9.18 Å². The lowest BCUT2D eigenvalue weighted by atomic mass is 10.00. The van der Waals surface area contributed by atoms with Gasteiger partial charge in [0.1, 0.15) is 17.3 Å². The van der Waals surface area contributed by atoms with Gasteiger partial charge in [-0.3, -0.25) is 4.79 Å². The van der Waals surface area contributed by atoms with E-state index in [-0.39, 0.29) is 5.78 Å². The van der Waals surface area contributed by atoms with Gasteiger partial charge in [-0.1, -0.05) is 0 Å². The normalized spacial score (nSPS) is 10.2. The van der Waals surface area contributed by atoms with Crippen molar-refractivity contribution in [3.05, 3.63) is 47.8 Å². The Labute approximate surface area is 117 Å². The van der Waals surface area contributed by atoms with Crippen molar-refractivity contribution >= 4 is 5.78 Å². The van der Waals surface area contributed by atoms with Crippen LogP contribution in [0, 0.1) is 5.82 Å². The summed E-state index contributed by atoms with van der Waals surface area (Å²) < 4.78 is 24.4. The monoisotopic (exact) mass is 274 g/mol. The number of methoxy groups -OCH3 is 2. The molecule has 0 aromatic heterocycles. The molecule has 4 heteroatoms. The fourth-order valence-electron chi connectivity index (χ4n) is 1.98. The van der Waals surface area contributed by atoms with Crippen molar-refractivity contribution in [3.8, 4) is 22.6 Å². The second-order valence-electron chi connectivity index (χ2n) is 4.32. The van der Waals surface area contributed by atoms with Crippen LogP contribution in [0.4, 0.5) is 4.39 Å². The Hall–Kier alpha value is -2.36. The molecule has 0 saturated heterocycles. The van der Waals surface area contributed by atoms with E-state index in [2.05, 4.69) is 0 Å². The first-order valence-corrected chi connectivity index (χ1v) is 6.09. The fraction of sp³-hybridized carbons (Fsp3) is 0.188. The molecule has 0 N–H and O–H groups in total. The second kappa shape index (κ2) is 5.74. The summed E-state index contributed by atoms with van der Waals surface area (Å²) in [6.45, 7) is 1.47. The molecule has 0 fully saturated rings. The molecule has 20 heavy (non-hydrogen) atoms. The third-order valence-corrected chi connectivity index (χ3v) is 3.07. The number of carbonyl (C=O) groups excluding carboxylic acids is 1. The smallest absolute Gasteiger partial charge is 0.159 e. The van der Waals surface area contributed by atoms with Crippen LogP contribution in [0.25, 0.3) is 11.1 Å². The van der Waals surface area contributed by atoms with E-state index in [4.69, 9.17) is 9.47 Å². The van der Waals surface area contributed by atoms with Crippen LogP contribution in [0.1, 0.15) is 17.3 Å². The minimum absolute atomic E-state index is 0.0807. The van der Waals surface area contributed by atoms with Crippen molar-refractivity contribution in [1.29, 1.82) is 0 Å². The van der Waals surface area contributed by atoms with Gasteiger partial charge in [0.05, 0.1) is 14.2 Å². The number of Topliss-reactive ketones (excluding diaryl/α,β-unsaturated/α-hetero) is 1. The number of rotatable bonds is 4. The van der Waals surface area contributed by atoms with Gasteiger partial charge in [-0.15, -0.1) is 0 Å². The summed E-state index contributed by atoms with van der Waals surface area (Å²) in [6.07, 6.45) is 0. The maximum atomic E-state index is 14.2. The molecule has 0 spiro atoms. The summed E-state index contributed by atoms with van der Waals surface area (Å²) in [5, 5.41) is 0. The van der Waals surface area contributed by atoms with Crippen molar-refractivity contribution in [2.24, 2.45) is 0 Å². The molecule has 0 radical (unpaired) electrons. The quantitative estimate of drug-likeness (QED) is 0.797. The molecule has 2 rings (SSSR count). The van der Waals surface area contributed by atoms with Gasteiger partial charge >= 0.3 is 0 Å². The molecule has 0 unspecified atom stereocenters. The predicted octanol–water partition coefficient (Wildman–Crippen LogP) is 3.71. The number of ketones is 1. The van der Waals surface area contributed by atoms with Gasteiger partial charge in [0, 0.05) is 22.8 Å². The molecule has 0 bridgehead atoms. The highest BCUT2D eigenvalue weighted by Gasteiger charge is 2.13. The van der Waals surface area contributed by atoms with Crippen LogP contribution in [0.3, 0.4) is 0 Å². The Balaban J connectivity index is 2.60. The van der Waals surface area contributed by atoms with Gasteiger partial charge in [-0.05, 0) is 37.3 Å². The number of hydrogen-bond acceptors (Lipinski definition) is 3. The summed E-state index contributed by atoms with van der Waals surface area (Å²) in [5.74, 6) is 0.443. The van der Waals surface area contributed by atoms with E-state index in [1.807, 2.05) is 0 Å². The molecule has 0 saturated carbocycles. The van der Waals surface area contributed by atoms with Crippen molar-refractivity contribution in [3.63, 3.8) is 0 Å². The van der Waals surface area contributed by atoms with Crippen molar-refractivity contribution in [2.45, 2.75) is 6.92 Å². The van der Waals surface area contributed by atoms with Crippen LogP contribution in [-0.4, -0.2) is 20.0 Å². The molecular formula is C16H15FO3. The minimum Gasteiger partial charge on any atom is -0.497 e. The number of benzene rings is 2. The molecule has 0 aliphatic carbocycles. The Morgan fingerprint density at radius 1 is 1.00 bits per heavy atom. The summed E-state index contributed by atoms with van der Waals surface area (Å²) in [5.41, 5.74) is 1.42. The summed E-state index contributed by atoms with van der Waals surface area (Å²) in [4.78, 5) is 11.5. The highest BCUT2D eigenvalue weighted by Crippen LogP contribution is 2.34. The summed E-state index contributed by atoms with van der Waals surface area (Å²) in [6, 6.07) is 9.53. The number of halogens is 1. The van der Waals surface area contributed by atoms with Gasteiger partial charge in [-0.2, -0.15) is 0 Å². The zero-order valence-corrected chi connectivity index (χ0v) is 11.6. The lowest BCUT2D eigenvalue weighted by Gasteiger charge is -2.11. The molecule has 0 amide bonds. The van der Waals surface area contributed by atoms with Crippen LogP contribution in [-0.2, 0) is 0 Å². The van der Waals surface area contributed by atoms with Gasteiger partial charge in [0.2, 0.25) is 0 Å². The molecule has 0 heterocycles. The topological polar surface area (TPSA) is 35.5 Å². The first kappa shape index (κ1) is 14.1. The summed E-state index contributed by atoms with van der Waals surface area (Å²) >= 11 is 0. The molecular weight excluding hydrogens is 259 g/mol. The Morgan fingerprint density at radius 3 is 2.30 bits per heavy atom. The third kappa shape index (κ3) is 2.64. The Kier molecular flexibility index (Phi) is 4.03. The van der Waals surface area contributed by atoms with E-state index < -0.39 is 5.82 Å². The zero-order chi connectivity index (χ0) is 14.7. The fourth-order valence-corrected chi connectivity index (χ4v) is 1.98. The molecule has 104 valence electrons. The van der Waals surface area contributed by atoms with E-state index >= 15 is 0 Å². The van der Waals surface area contributed by atoms with Crippen LogP contribution < -0.4 is 9.47 Å². The van der Waals surface area contributed by atoms with E-state index in [0.29, 0.717) is 28.2 Å². The third-order valence-electron chi connectivity index (χ3n) is 3.07. The number of ether oxygens (including phenoxy) is 2. The van der Waals surface area contributed by atoms with Gasteiger partial charge in [0.25, 0.3) is 0 Å². The van der Waals surface area contributed by atoms with Gasteiger partial charge in [0.15, 0.2) is 5.78 Å². The molecule has 0 atom stereocenters. The van der Waals surface area contributed by atoms with Crippen molar-refractivity contribution < 1.29 is 18.7 Å². The van der Waals surface area contributed by atoms with Crippen LogP contribution in [0.2, 0.25) is 0 Å². The maximum absolute atomic E-state index is 14.2. The van der Waals surface area contributed by atoms with Crippen LogP contribution >= 0.6 is 0 Å². The van der Waals surface area contributed by atoms with E-state index in [1.54, 1.807) is 30.3 Å². The molecule has 0 aliphatic heterocycles. The first-order valence-electron chi connectivity index (χ1n) is 6.09. The van der Waals surface area contributed by atoms with Crippen LogP contribution in [0.15, 0.2) is 36.4 Å². The Morgan fingerprint density at radius 2 is 1.75 bits per heavy atom. The largest absolute Gasteiger partial charge is 0.497 e. The SMILES string of the molecule is COc1ccc(-c2cc(C(C)=O)ccc2OC)c(F)c1. The second-order valence-corrected chi connectivity index (χ2v) is 4.32. The Bertz CT molecular complexity index is 650. The average molecular weight is 274 g/mol. The van der Waals surface area contributed by atoms with E-state index in [1.165, 1.54) is 27.2 Å². The lowest BCUT2D eigenvalue weighted by Crippen LogP contribution is -1.96. The number of carbonyl (C=O) groups is 1. The average Bonchev–Trinajstić information content (AvgIpc) is 2.46. The van der Waals surface area contributed by atoms with Crippen molar-refractivity contribution in [1.82, 2.24) is 0 Å². The standard InChI is InChI=1S/C16H15FO3/c1-10(18)11-4-7-16(20-3)14(8-11)13-6-5-12(19-2)9-15(13)17/h4-9H,1-3H3. The predicted molar refractivity (Wildman–Crippen MR) is 74.9 cm³/mol. The molecule has 2 aromatic carbocycles. The van der Waals surface area contributed by atoms with Crippen molar-refractivity contribution in [2.75, 3.05) is 14.2 Å². The highest BCUT2D eigenvalue weighted by atomic mass is 19.1. The van der Waals surface area contributed by atoms with Gasteiger partial charge in [-0.25, -0.2) is 4.39 Å². The molecule has 0 aliphatic rings. The maximum Gasteiger partial charge on any atom is 0.159 e.